The molecule has 3 rings (SSSR count). The summed E-state index contributed by atoms with van der Waals surface area (Å²) in [6.07, 6.45) is 8.29. The normalized spacial score (nSPS) is 16.8. The van der Waals surface area contributed by atoms with Crippen LogP contribution in [0.3, 0.4) is 0 Å². The second kappa shape index (κ2) is 5.56. The lowest BCUT2D eigenvalue weighted by Gasteiger charge is -2.27. The maximum absolute atomic E-state index is 4.60. The molecule has 2 aromatic rings. The molecule has 1 heterocycles. The average Bonchev–Trinajstić information content (AvgIpc) is 2.47. The Morgan fingerprint density at radius 2 is 1.89 bits per heavy atom. The summed E-state index contributed by atoms with van der Waals surface area (Å²) in [5.41, 5.74) is 5.55. The summed E-state index contributed by atoms with van der Waals surface area (Å²) in [7, 11) is 0. The Hall–Kier alpha value is -1.63. The van der Waals surface area contributed by atoms with E-state index in [-0.39, 0.29) is 0 Å². The van der Waals surface area contributed by atoms with Gasteiger partial charge in [0.05, 0.1) is 0 Å². The van der Waals surface area contributed by atoms with Gasteiger partial charge in [0.15, 0.2) is 0 Å². The van der Waals surface area contributed by atoms with E-state index < -0.39 is 0 Å². The molecule has 1 aliphatic carbocycles. The number of rotatable bonds is 4. The summed E-state index contributed by atoms with van der Waals surface area (Å²) in [6.45, 7) is 2.27. The summed E-state index contributed by atoms with van der Waals surface area (Å²) < 4.78 is 0. The molecule has 1 heteroatoms. The number of benzene rings is 1. The first kappa shape index (κ1) is 12.4. The van der Waals surface area contributed by atoms with Crippen molar-refractivity contribution >= 4 is 0 Å². The van der Waals surface area contributed by atoms with Gasteiger partial charge in [-0.2, -0.15) is 0 Å². The average molecular weight is 251 g/mol. The first-order valence-electron chi connectivity index (χ1n) is 7.43. The van der Waals surface area contributed by atoms with Crippen LogP contribution in [0.1, 0.15) is 49.8 Å². The van der Waals surface area contributed by atoms with Crippen molar-refractivity contribution < 1.29 is 0 Å². The highest BCUT2D eigenvalue weighted by molar-refractivity contribution is 5.72. The molecule has 0 spiro atoms. The van der Waals surface area contributed by atoms with Crippen LogP contribution in [0, 0.1) is 0 Å². The molecule has 1 aromatic carbocycles. The maximum atomic E-state index is 4.60. The molecule has 1 aliphatic rings. The van der Waals surface area contributed by atoms with Crippen molar-refractivity contribution in [3.05, 3.63) is 53.9 Å². The standard InChI is InChI=1S/C18H21N/c1-2-3-4-8-14-13-18-17(11-7-12-19-18)16-10-6-5-9-15(14)16/h5-7,9-12,14H,2-4,8,13H2,1H3. The van der Waals surface area contributed by atoms with Crippen LogP contribution in [-0.4, -0.2) is 4.98 Å². The third kappa shape index (κ3) is 2.42. The molecule has 0 bridgehead atoms. The van der Waals surface area contributed by atoms with Crippen molar-refractivity contribution in [1.82, 2.24) is 4.98 Å². The minimum Gasteiger partial charge on any atom is -0.261 e. The van der Waals surface area contributed by atoms with E-state index in [9.17, 15) is 0 Å². The summed E-state index contributed by atoms with van der Waals surface area (Å²) >= 11 is 0. The monoisotopic (exact) mass is 251 g/mol. The zero-order valence-corrected chi connectivity index (χ0v) is 11.6. The van der Waals surface area contributed by atoms with Gasteiger partial charge in [-0.25, -0.2) is 0 Å². The number of nitrogens with zero attached hydrogens (tertiary/aromatic N) is 1. The number of unbranched alkanes of at least 4 members (excludes halogenated alkanes) is 2. The van der Waals surface area contributed by atoms with E-state index in [0.29, 0.717) is 5.92 Å². The lowest BCUT2D eigenvalue weighted by molar-refractivity contribution is 0.555. The zero-order valence-electron chi connectivity index (χ0n) is 11.6. The van der Waals surface area contributed by atoms with Gasteiger partial charge in [0, 0.05) is 17.5 Å². The minimum atomic E-state index is 0.658. The summed E-state index contributed by atoms with van der Waals surface area (Å²) in [4.78, 5) is 4.60. The first-order valence-corrected chi connectivity index (χ1v) is 7.43. The van der Waals surface area contributed by atoms with Crippen molar-refractivity contribution in [3.63, 3.8) is 0 Å². The summed E-state index contributed by atoms with van der Waals surface area (Å²) in [5, 5.41) is 0. The molecule has 0 saturated heterocycles. The van der Waals surface area contributed by atoms with E-state index >= 15 is 0 Å². The Morgan fingerprint density at radius 1 is 1.05 bits per heavy atom. The van der Waals surface area contributed by atoms with Gasteiger partial charge in [0.2, 0.25) is 0 Å². The second-order valence-corrected chi connectivity index (χ2v) is 5.48. The predicted molar refractivity (Wildman–Crippen MR) is 80.3 cm³/mol. The maximum Gasteiger partial charge on any atom is 0.0488 e. The van der Waals surface area contributed by atoms with Crippen molar-refractivity contribution in [2.75, 3.05) is 0 Å². The van der Waals surface area contributed by atoms with Gasteiger partial charge in [0.1, 0.15) is 0 Å². The van der Waals surface area contributed by atoms with Gasteiger partial charge < -0.3 is 0 Å². The number of hydrogen-bond acceptors (Lipinski definition) is 1. The van der Waals surface area contributed by atoms with E-state index in [0.717, 1.165) is 6.42 Å². The van der Waals surface area contributed by atoms with E-state index in [1.54, 1.807) is 0 Å². The Balaban J connectivity index is 1.95. The molecule has 0 amide bonds. The molecule has 0 radical (unpaired) electrons. The zero-order chi connectivity index (χ0) is 13.1. The van der Waals surface area contributed by atoms with Crippen LogP contribution in [0.5, 0.6) is 0 Å². The SMILES string of the molecule is CCCCCC1Cc2ncccc2-c2ccccc21. The van der Waals surface area contributed by atoms with Crippen molar-refractivity contribution in [1.29, 1.82) is 0 Å². The highest BCUT2D eigenvalue weighted by atomic mass is 14.7. The minimum absolute atomic E-state index is 0.658. The largest absolute Gasteiger partial charge is 0.261 e. The highest BCUT2D eigenvalue weighted by Gasteiger charge is 2.24. The molecule has 98 valence electrons. The first-order chi connectivity index (χ1) is 9.40. The van der Waals surface area contributed by atoms with Crippen LogP contribution in [0.25, 0.3) is 11.1 Å². The van der Waals surface area contributed by atoms with Gasteiger partial charge in [-0.05, 0) is 36.0 Å². The van der Waals surface area contributed by atoms with Crippen LogP contribution < -0.4 is 0 Å². The molecule has 19 heavy (non-hydrogen) atoms. The lowest BCUT2D eigenvalue weighted by atomic mass is 9.78. The van der Waals surface area contributed by atoms with Gasteiger partial charge >= 0.3 is 0 Å². The van der Waals surface area contributed by atoms with Crippen molar-refractivity contribution in [2.45, 2.75) is 44.9 Å². The van der Waals surface area contributed by atoms with Gasteiger partial charge in [-0.15, -0.1) is 0 Å². The van der Waals surface area contributed by atoms with Crippen molar-refractivity contribution in [3.8, 4) is 11.1 Å². The fraction of sp³-hybridized carbons (Fsp3) is 0.389. The Morgan fingerprint density at radius 3 is 2.79 bits per heavy atom. The number of fused-ring (bicyclic) bond motifs is 3. The highest BCUT2D eigenvalue weighted by Crippen LogP contribution is 2.40. The van der Waals surface area contributed by atoms with Gasteiger partial charge in [0.25, 0.3) is 0 Å². The number of aromatic nitrogens is 1. The molecule has 0 N–H and O–H groups in total. The Kier molecular flexibility index (Phi) is 3.63. The van der Waals surface area contributed by atoms with Crippen LogP contribution in [0.2, 0.25) is 0 Å². The third-order valence-corrected chi connectivity index (χ3v) is 4.18. The molecule has 1 nitrogen and oxygen atoms in total. The topological polar surface area (TPSA) is 12.9 Å². The fourth-order valence-electron chi connectivity index (χ4n) is 3.19. The number of pyridine rings is 1. The van der Waals surface area contributed by atoms with Crippen molar-refractivity contribution in [2.24, 2.45) is 0 Å². The van der Waals surface area contributed by atoms with Gasteiger partial charge in [-0.1, -0.05) is 56.5 Å². The Labute approximate surface area is 115 Å². The quantitative estimate of drug-likeness (QED) is 0.699. The summed E-state index contributed by atoms with van der Waals surface area (Å²) in [5.74, 6) is 0.658. The van der Waals surface area contributed by atoms with E-state index in [1.807, 2.05) is 12.3 Å². The van der Waals surface area contributed by atoms with Gasteiger partial charge in [-0.3, -0.25) is 4.98 Å². The van der Waals surface area contributed by atoms with Crippen LogP contribution in [-0.2, 0) is 6.42 Å². The van der Waals surface area contributed by atoms with E-state index in [2.05, 4.69) is 42.2 Å². The molecule has 1 atom stereocenters. The van der Waals surface area contributed by atoms with E-state index in [1.165, 1.54) is 48.1 Å². The van der Waals surface area contributed by atoms with Crippen LogP contribution in [0.15, 0.2) is 42.6 Å². The molecule has 1 aromatic heterocycles. The fourth-order valence-corrected chi connectivity index (χ4v) is 3.19. The second-order valence-electron chi connectivity index (χ2n) is 5.48. The van der Waals surface area contributed by atoms with Crippen LogP contribution in [0.4, 0.5) is 0 Å². The Bertz CT molecular complexity index is 559. The third-order valence-electron chi connectivity index (χ3n) is 4.18. The molecular weight excluding hydrogens is 230 g/mol. The molecule has 1 unspecified atom stereocenters. The van der Waals surface area contributed by atoms with E-state index in [4.69, 9.17) is 0 Å². The molecule has 0 fully saturated rings. The molecular formula is C18H21N. The molecule has 0 aliphatic heterocycles. The smallest absolute Gasteiger partial charge is 0.0488 e. The number of hydrogen-bond donors (Lipinski definition) is 0. The van der Waals surface area contributed by atoms with Crippen LogP contribution >= 0.6 is 0 Å². The lowest BCUT2D eigenvalue weighted by Crippen LogP contribution is -2.12. The predicted octanol–water partition coefficient (Wildman–Crippen LogP) is 4.97. The molecule has 0 saturated carbocycles. The summed E-state index contributed by atoms with van der Waals surface area (Å²) in [6, 6.07) is 13.1.